The van der Waals surface area contributed by atoms with Gasteiger partial charge in [-0.25, -0.2) is 0 Å². The molecule has 0 unspecified atom stereocenters. The molecule has 0 aliphatic heterocycles. The Kier molecular flexibility index (Phi) is 6.06. The molecule has 0 bridgehead atoms. The molecule has 0 radical (unpaired) electrons. The van der Waals surface area contributed by atoms with Crippen LogP contribution in [0.15, 0.2) is 24.3 Å². The van der Waals surface area contributed by atoms with Crippen LogP contribution in [0.25, 0.3) is 0 Å². The van der Waals surface area contributed by atoms with Crippen molar-refractivity contribution in [1.29, 1.82) is 0 Å². The van der Waals surface area contributed by atoms with Gasteiger partial charge in [0, 0.05) is 12.3 Å². The number of carboxylic acid groups (broad SMARTS) is 1. The molecule has 1 aromatic carbocycles. The lowest BCUT2D eigenvalue weighted by Gasteiger charge is -2.15. The van der Waals surface area contributed by atoms with E-state index < -0.39 is 5.97 Å². The fourth-order valence-electron chi connectivity index (χ4n) is 2.19. The molecule has 0 fully saturated rings. The highest BCUT2D eigenvalue weighted by Crippen LogP contribution is 2.20. The summed E-state index contributed by atoms with van der Waals surface area (Å²) in [4.78, 5) is 21.7. The van der Waals surface area contributed by atoms with Crippen molar-refractivity contribution in [3.63, 3.8) is 0 Å². The molecule has 0 aliphatic rings. The number of rotatable bonds is 8. The standard InChI is InChI=1S/C15H20O4/c1-11(7-15(17)18)6-13(10-16)8-12-4-3-5-14(9-12)19-2/h3-5,9-11,13H,6-8H2,1-2H3,(H,17,18)/t11-,13+/m1/s1. The molecule has 0 saturated heterocycles. The molecule has 2 atom stereocenters. The van der Waals surface area contributed by atoms with Crippen molar-refractivity contribution in [2.45, 2.75) is 26.2 Å². The summed E-state index contributed by atoms with van der Waals surface area (Å²) in [5.41, 5.74) is 1.03. The normalized spacial score (nSPS) is 13.6. The highest BCUT2D eigenvalue weighted by molar-refractivity contribution is 5.67. The van der Waals surface area contributed by atoms with E-state index in [1.165, 1.54) is 0 Å². The van der Waals surface area contributed by atoms with Crippen LogP contribution >= 0.6 is 0 Å². The number of carboxylic acids is 1. The number of ether oxygens (including phenoxy) is 1. The second-order valence-corrected chi connectivity index (χ2v) is 4.89. The van der Waals surface area contributed by atoms with Crippen molar-refractivity contribution >= 4 is 12.3 Å². The highest BCUT2D eigenvalue weighted by atomic mass is 16.5. The summed E-state index contributed by atoms with van der Waals surface area (Å²) in [7, 11) is 1.60. The highest BCUT2D eigenvalue weighted by Gasteiger charge is 2.15. The van der Waals surface area contributed by atoms with Crippen molar-refractivity contribution in [2.75, 3.05) is 7.11 Å². The molecule has 0 aliphatic carbocycles. The molecule has 1 rings (SSSR count). The third-order valence-corrected chi connectivity index (χ3v) is 3.05. The van der Waals surface area contributed by atoms with E-state index in [4.69, 9.17) is 9.84 Å². The molecule has 0 aromatic heterocycles. The summed E-state index contributed by atoms with van der Waals surface area (Å²) in [6.45, 7) is 1.86. The average molecular weight is 264 g/mol. The van der Waals surface area contributed by atoms with E-state index >= 15 is 0 Å². The van der Waals surface area contributed by atoms with Crippen LogP contribution in [-0.2, 0) is 16.0 Å². The SMILES string of the molecule is COc1cccc(C[C@@H](C=O)C[C@@H](C)CC(=O)O)c1. The predicted molar refractivity (Wildman–Crippen MR) is 72.3 cm³/mol. The Morgan fingerprint density at radius 1 is 1.47 bits per heavy atom. The van der Waals surface area contributed by atoms with Crippen LogP contribution in [-0.4, -0.2) is 24.5 Å². The van der Waals surface area contributed by atoms with Gasteiger partial charge < -0.3 is 14.6 Å². The average Bonchev–Trinajstić information content (AvgIpc) is 2.37. The zero-order valence-corrected chi connectivity index (χ0v) is 11.3. The number of aldehydes is 1. The molecule has 0 spiro atoms. The van der Waals surface area contributed by atoms with Gasteiger partial charge in [-0.3, -0.25) is 4.79 Å². The Morgan fingerprint density at radius 3 is 2.79 bits per heavy atom. The van der Waals surface area contributed by atoms with E-state index in [0.717, 1.165) is 17.6 Å². The minimum absolute atomic E-state index is 0.00157. The number of methoxy groups -OCH3 is 1. The van der Waals surface area contributed by atoms with Crippen LogP contribution in [0.5, 0.6) is 5.75 Å². The van der Waals surface area contributed by atoms with Crippen LogP contribution in [0.1, 0.15) is 25.3 Å². The Labute approximate surface area is 113 Å². The first-order valence-electron chi connectivity index (χ1n) is 6.35. The summed E-state index contributed by atoms with van der Waals surface area (Å²) in [6, 6.07) is 7.59. The monoisotopic (exact) mass is 264 g/mol. The van der Waals surface area contributed by atoms with Crippen LogP contribution in [0, 0.1) is 11.8 Å². The lowest BCUT2D eigenvalue weighted by Crippen LogP contribution is -2.13. The van der Waals surface area contributed by atoms with Crippen LogP contribution in [0.2, 0.25) is 0 Å². The zero-order valence-electron chi connectivity index (χ0n) is 11.3. The lowest BCUT2D eigenvalue weighted by atomic mass is 9.90. The van der Waals surface area contributed by atoms with Gasteiger partial charge in [0.15, 0.2) is 0 Å². The van der Waals surface area contributed by atoms with Crippen LogP contribution in [0.4, 0.5) is 0 Å². The number of benzene rings is 1. The van der Waals surface area contributed by atoms with Gasteiger partial charge in [-0.1, -0.05) is 19.1 Å². The fourth-order valence-corrected chi connectivity index (χ4v) is 2.19. The molecule has 0 heterocycles. The van der Waals surface area contributed by atoms with Crippen molar-refractivity contribution < 1.29 is 19.4 Å². The van der Waals surface area contributed by atoms with Crippen LogP contribution in [0.3, 0.4) is 0 Å². The summed E-state index contributed by atoms with van der Waals surface area (Å²) < 4.78 is 5.14. The fraction of sp³-hybridized carbons (Fsp3) is 0.467. The number of carbonyl (C=O) groups is 2. The molecule has 4 heteroatoms. The van der Waals surface area contributed by atoms with E-state index in [-0.39, 0.29) is 18.3 Å². The maximum absolute atomic E-state index is 11.1. The minimum atomic E-state index is -0.821. The van der Waals surface area contributed by atoms with Gasteiger partial charge in [0.25, 0.3) is 0 Å². The number of aliphatic carboxylic acids is 1. The van der Waals surface area contributed by atoms with E-state index in [0.29, 0.717) is 12.8 Å². The molecule has 4 nitrogen and oxygen atoms in total. The zero-order chi connectivity index (χ0) is 14.3. The van der Waals surface area contributed by atoms with Gasteiger partial charge in [-0.2, -0.15) is 0 Å². The van der Waals surface area contributed by atoms with Crippen molar-refractivity contribution in [3.05, 3.63) is 29.8 Å². The molecule has 104 valence electrons. The number of hydrogen-bond donors (Lipinski definition) is 1. The topological polar surface area (TPSA) is 63.6 Å². The van der Waals surface area contributed by atoms with Gasteiger partial charge in [0.1, 0.15) is 12.0 Å². The Balaban J connectivity index is 2.60. The maximum atomic E-state index is 11.1. The van der Waals surface area contributed by atoms with E-state index in [2.05, 4.69) is 0 Å². The van der Waals surface area contributed by atoms with Crippen LogP contribution < -0.4 is 4.74 Å². The Hall–Kier alpha value is -1.84. The first-order valence-corrected chi connectivity index (χ1v) is 6.35. The van der Waals surface area contributed by atoms with Crippen molar-refractivity contribution in [2.24, 2.45) is 11.8 Å². The van der Waals surface area contributed by atoms with Gasteiger partial charge in [-0.15, -0.1) is 0 Å². The first-order chi connectivity index (χ1) is 9.05. The van der Waals surface area contributed by atoms with Gasteiger partial charge in [-0.05, 0) is 36.5 Å². The molecule has 1 aromatic rings. The second-order valence-electron chi connectivity index (χ2n) is 4.89. The summed E-state index contributed by atoms with van der Waals surface area (Å²) >= 11 is 0. The van der Waals surface area contributed by atoms with Gasteiger partial charge in [0.2, 0.25) is 0 Å². The third-order valence-electron chi connectivity index (χ3n) is 3.05. The predicted octanol–water partition coefficient (Wildman–Crippen LogP) is 2.55. The minimum Gasteiger partial charge on any atom is -0.497 e. The summed E-state index contributed by atoms with van der Waals surface area (Å²) in [6.07, 6.45) is 2.22. The van der Waals surface area contributed by atoms with Crippen molar-refractivity contribution in [1.82, 2.24) is 0 Å². The molecule has 0 amide bonds. The number of carbonyl (C=O) groups excluding carboxylic acids is 1. The largest absolute Gasteiger partial charge is 0.497 e. The third kappa shape index (κ3) is 5.55. The summed E-state index contributed by atoms with van der Waals surface area (Å²) in [5, 5.41) is 8.72. The Bertz CT molecular complexity index is 428. The van der Waals surface area contributed by atoms with E-state index in [1.54, 1.807) is 7.11 Å². The maximum Gasteiger partial charge on any atom is 0.303 e. The number of hydrogen-bond acceptors (Lipinski definition) is 3. The van der Waals surface area contributed by atoms with E-state index in [1.807, 2.05) is 31.2 Å². The molecule has 19 heavy (non-hydrogen) atoms. The molecule has 1 N–H and O–H groups in total. The molecular formula is C15H20O4. The second kappa shape index (κ2) is 7.56. The van der Waals surface area contributed by atoms with Gasteiger partial charge in [0.05, 0.1) is 7.11 Å². The van der Waals surface area contributed by atoms with Gasteiger partial charge >= 0.3 is 5.97 Å². The smallest absolute Gasteiger partial charge is 0.303 e. The van der Waals surface area contributed by atoms with E-state index in [9.17, 15) is 9.59 Å². The molecular weight excluding hydrogens is 244 g/mol. The summed E-state index contributed by atoms with van der Waals surface area (Å²) in [5.74, 6) is -0.209. The quantitative estimate of drug-likeness (QED) is 0.733. The lowest BCUT2D eigenvalue weighted by molar-refractivity contribution is -0.138. The Morgan fingerprint density at radius 2 is 2.21 bits per heavy atom. The first kappa shape index (κ1) is 15.2. The van der Waals surface area contributed by atoms with Crippen molar-refractivity contribution in [3.8, 4) is 5.75 Å². The molecule has 0 saturated carbocycles.